The molecule has 0 radical (unpaired) electrons. The molecule has 31 heavy (non-hydrogen) atoms. The van der Waals surface area contributed by atoms with Crippen LogP contribution < -0.4 is 0 Å². The maximum Gasteiger partial charge on any atom is 0.129 e. The molecule has 3 aromatic rings. The van der Waals surface area contributed by atoms with Gasteiger partial charge in [-0.15, -0.1) is 5.73 Å². The molecule has 4 atom stereocenters. The highest BCUT2D eigenvalue weighted by Crippen LogP contribution is 2.47. The minimum Gasteiger partial charge on any atom is -0.388 e. The standard InChI is InChI=1S/C27H25FN2O/c28-23-8-4-7-22-25-15-29-16-30(25)24(27(22)23)14-26(31)20-12-17-9-10-21(19(11-17)13-20)18-5-2-1-3-6-18/h1-8,15-17,21,24,26,31H,9-12,14H2. The van der Waals surface area contributed by atoms with Crippen molar-refractivity contribution in [1.82, 2.24) is 9.55 Å². The Hall–Kier alpha value is -2.94. The molecule has 3 nitrogen and oxygen atoms in total. The van der Waals surface area contributed by atoms with Crippen molar-refractivity contribution >= 4 is 0 Å². The number of aliphatic hydroxyl groups is 1. The molecule has 2 bridgehead atoms. The number of aromatic nitrogens is 2. The molecule has 1 N–H and O–H groups in total. The number of nitrogens with zero attached hydrogens (tertiary/aromatic N) is 2. The second-order valence-corrected chi connectivity index (χ2v) is 9.14. The Morgan fingerprint density at radius 2 is 1.97 bits per heavy atom. The number of fused-ring (bicyclic) bond motifs is 5. The Balaban J connectivity index is 1.34. The van der Waals surface area contributed by atoms with Crippen molar-refractivity contribution in [2.24, 2.45) is 5.92 Å². The van der Waals surface area contributed by atoms with Gasteiger partial charge in [-0.1, -0.05) is 42.5 Å². The van der Waals surface area contributed by atoms with Gasteiger partial charge in [0.15, 0.2) is 0 Å². The van der Waals surface area contributed by atoms with Gasteiger partial charge in [-0.05, 0) is 48.8 Å². The highest BCUT2D eigenvalue weighted by molar-refractivity contribution is 5.69. The van der Waals surface area contributed by atoms with Crippen LogP contribution in [0.5, 0.6) is 0 Å². The molecular weight excluding hydrogens is 387 g/mol. The maximum atomic E-state index is 14.8. The fourth-order valence-corrected chi connectivity index (χ4v) is 5.87. The number of hydrogen-bond donors (Lipinski definition) is 1. The van der Waals surface area contributed by atoms with E-state index in [1.54, 1.807) is 18.6 Å². The van der Waals surface area contributed by atoms with Crippen molar-refractivity contribution in [3.8, 4) is 11.3 Å². The number of benzene rings is 2. The minimum atomic E-state index is -0.641. The van der Waals surface area contributed by atoms with Gasteiger partial charge in [0.25, 0.3) is 0 Å². The zero-order valence-corrected chi connectivity index (χ0v) is 17.3. The number of rotatable bonds is 4. The first-order chi connectivity index (χ1) is 15.2. The number of aliphatic hydroxyl groups excluding tert-OH is 1. The average molecular weight is 413 g/mol. The number of halogens is 1. The fourth-order valence-electron chi connectivity index (χ4n) is 5.87. The Labute approximate surface area is 181 Å². The molecule has 4 heteroatoms. The van der Waals surface area contributed by atoms with E-state index in [1.165, 1.54) is 23.6 Å². The number of imidazole rings is 1. The van der Waals surface area contributed by atoms with Gasteiger partial charge in [-0.3, -0.25) is 0 Å². The summed E-state index contributed by atoms with van der Waals surface area (Å²) in [6, 6.07) is 15.6. The third-order valence-corrected chi connectivity index (χ3v) is 7.34. The van der Waals surface area contributed by atoms with E-state index >= 15 is 0 Å². The fraction of sp³-hybridized carbons (Fsp3) is 0.333. The van der Waals surface area contributed by atoms with Crippen LogP contribution in [0.15, 0.2) is 77.9 Å². The average Bonchev–Trinajstić information content (AvgIpc) is 3.37. The molecule has 0 amide bonds. The van der Waals surface area contributed by atoms with Gasteiger partial charge in [-0.25, -0.2) is 9.37 Å². The Morgan fingerprint density at radius 3 is 2.84 bits per heavy atom. The normalized spacial score (nSPS) is 24.8. The summed E-state index contributed by atoms with van der Waals surface area (Å²) in [5, 5.41) is 11.3. The van der Waals surface area contributed by atoms with Crippen LogP contribution in [-0.2, 0) is 0 Å². The Kier molecular flexibility index (Phi) is 4.45. The summed E-state index contributed by atoms with van der Waals surface area (Å²) in [6.45, 7) is 0. The highest BCUT2D eigenvalue weighted by atomic mass is 19.1. The minimum absolute atomic E-state index is 0.213. The first-order valence-corrected chi connectivity index (χ1v) is 11.2. The molecule has 2 aliphatic carbocycles. The van der Waals surface area contributed by atoms with Crippen molar-refractivity contribution in [3.05, 3.63) is 94.9 Å². The second kappa shape index (κ2) is 7.33. The third-order valence-electron chi connectivity index (χ3n) is 7.34. The summed E-state index contributed by atoms with van der Waals surface area (Å²) in [4.78, 5) is 4.26. The molecule has 2 heterocycles. The van der Waals surface area contributed by atoms with E-state index in [-0.39, 0.29) is 11.9 Å². The van der Waals surface area contributed by atoms with Gasteiger partial charge in [-0.2, -0.15) is 0 Å². The topological polar surface area (TPSA) is 38.1 Å². The third kappa shape index (κ3) is 3.10. The van der Waals surface area contributed by atoms with Gasteiger partial charge >= 0.3 is 0 Å². The van der Waals surface area contributed by atoms with Gasteiger partial charge < -0.3 is 9.67 Å². The van der Waals surface area contributed by atoms with E-state index in [0.717, 1.165) is 36.1 Å². The second-order valence-electron chi connectivity index (χ2n) is 9.14. The molecule has 1 fully saturated rings. The van der Waals surface area contributed by atoms with E-state index < -0.39 is 6.10 Å². The van der Waals surface area contributed by atoms with Crippen LogP contribution in [0.4, 0.5) is 4.39 Å². The van der Waals surface area contributed by atoms with Gasteiger partial charge in [0.05, 0.1) is 30.4 Å². The first kappa shape index (κ1) is 18.8. The molecule has 2 aromatic carbocycles. The lowest BCUT2D eigenvalue weighted by Crippen LogP contribution is -2.25. The van der Waals surface area contributed by atoms with E-state index in [1.807, 2.05) is 10.6 Å². The lowest BCUT2D eigenvalue weighted by atomic mass is 9.70. The summed E-state index contributed by atoms with van der Waals surface area (Å²) >= 11 is 0. The zero-order valence-electron chi connectivity index (χ0n) is 17.3. The van der Waals surface area contributed by atoms with Crippen LogP contribution in [0.2, 0.25) is 0 Å². The van der Waals surface area contributed by atoms with Crippen molar-refractivity contribution in [2.45, 2.75) is 50.2 Å². The predicted octanol–water partition coefficient (Wildman–Crippen LogP) is 5.78. The van der Waals surface area contributed by atoms with E-state index in [0.29, 0.717) is 23.8 Å². The van der Waals surface area contributed by atoms with Crippen LogP contribution in [0.1, 0.15) is 55.2 Å². The molecule has 4 unspecified atom stereocenters. The van der Waals surface area contributed by atoms with Crippen LogP contribution in [0.3, 0.4) is 0 Å². The van der Waals surface area contributed by atoms with Crippen molar-refractivity contribution < 1.29 is 9.50 Å². The van der Waals surface area contributed by atoms with E-state index in [4.69, 9.17) is 0 Å². The lowest BCUT2D eigenvalue weighted by molar-refractivity contribution is 0.174. The number of hydrogen-bond acceptors (Lipinski definition) is 2. The quantitative estimate of drug-likeness (QED) is 0.552. The van der Waals surface area contributed by atoms with Crippen LogP contribution >= 0.6 is 0 Å². The molecular formula is C27H25FN2O. The van der Waals surface area contributed by atoms with Gasteiger partial charge in [0.1, 0.15) is 5.82 Å². The molecule has 1 aromatic heterocycles. The van der Waals surface area contributed by atoms with Crippen molar-refractivity contribution in [2.75, 3.05) is 0 Å². The smallest absolute Gasteiger partial charge is 0.129 e. The molecule has 6 rings (SSSR count). The summed E-state index contributed by atoms with van der Waals surface area (Å²) in [5.41, 5.74) is 9.75. The van der Waals surface area contributed by atoms with Crippen molar-refractivity contribution in [3.63, 3.8) is 0 Å². The molecule has 0 spiro atoms. The maximum absolute atomic E-state index is 14.8. The highest BCUT2D eigenvalue weighted by Gasteiger charge is 2.36. The monoisotopic (exact) mass is 412 g/mol. The lowest BCUT2D eigenvalue weighted by Gasteiger charge is -2.35. The summed E-state index contributed by atoms with van der Waals surface area (Å²) in [6.07, 6.45) is 7.62. The zero-order chi connectivity index (χ0) is 20.9. The first-order valence-electron chi connectivity index (χ1n) is 11.2. The van der Waals surface area contributed by atoms with Crippen LogP contribution in [0, 0.1) is 11.7 Å². The molecule has 1 aliphatic heterocycles. The van der Waals surface area contributed by atoms with Crippen molar-refractivity contribution in [1.29, 1.82) is 0 Å². The van der Waals surface area contributed by atoms with E-state index in [2.05, 4.69) is 41.0 Å². The largest absolute Gasteiger partial charge is 0.388 e. The van der Waals surface area contributed by atoms with Gasteiger partial charge in [0, 0.05) is 29.0 Å². The summed E-state index contributed by atoms with van der Waals surface area (Å²) in [5.74, 6) is 0.762. The molecule has 3 aliphatic rings. The Morgan fingerprint density at radius 1 is 1.10 bits per heavy atom. The van der Waals surface area contributed by atoms with Crippen LogP contribution in [0.25, 0.3) is 11.3 Å². The molecule has 156 valence electrons. The molecule has 1 saturated carbocycles. The van der Waals surface area contributed by atoms with Gasteiger partial charge in [0.2, 0.25) is 0 Å². The predicted molar refractivity (Wildman–Crippen MR) is 118 cm³/mol. The Bertz CT molecular complexity index is 1200. The molecule has 0 saturated heterocycles. The van der Waals surface area contributed by atoms with E-state index in [9.17, 15) is 9.50 Å². The summed E-state index contributed by atoms with van der Waals surface area (Å²) < 4.78 is 16.8. The summed E-state index contributed by atoms with van der Waals surface area (Å²) in [7, 11) is 0. The SMILES string of the molecule is OC(CC1c2c(F)cccc2-c2cncn21)C1=C=C2CC(CCC2c2ccccc2)C1. The van der Waals surface area contributed by atoms with Crippen LogP contribution in [-0.4, -0.2) is 20.8 Å².